The Morgan fingerprint density at radius 2 is 1.83 bits per heavy atom. The normalized spacial score (nSPS) is 16.2. The van der Waals surface area contributed by atoms with E-state index in [1.54, 1.807) is 0 Å². The van der Waals surface area contributed by atoms with Crippen molar-refractivity contribution in [2.45, 2.75) is 26.7 Å². The maximum absolute atomic E-state index is 12.8. The summed E-state index contributed by atoms with van der Waals surface area (Å²) < 4.78 is 12.8. The summed E-state index contributed by atoms with van der Waals surface area (Å²) in [6.07, 6.45) is 1.67. The van der Waals surface area contributed by atoms with Gasteiger partial charge in [-0.1, -0.05) is 13.8 Å². The van der Waals surface area contributed by atoms with Gasteiger partial charge in [0.1, 0.15) is 5.82 Å². The van der Waals surface area contributed by atoms with Gasteiger partial charge in [-0.25, -0.2) is 9.18 Å². The highest BCUT2D eigenvalue weighted by Gasteiger charge is 2.31. The minimum Gasteiger partial charge on any atom is -0.352 e. The number of rotatable bonds is 5. The van der Waals surface area contributed by atoms with Crippen molar-refractivity contribution < 1.29 is 14.0 Å². The Bertz CT molecular complexity index is 557. The monoisotopic (exact) mass is 321 g/mol. The first-order valence-corrected chi connectivity index (χ1v) is 7.94. The Balaban J connectivity index is 1.61. The highest BCUT2D eigenvalue weighted by atomic mass is 19.1. The van der Waals surface area contributed by atoms with Crippen molar-refractivity contribution in [3.05, 3.63) is 35.6 Å². The molecule has 5 nitrogen and oxygen atoms in total. The fourth-order valence-corrected chi connectivity index (χ4v) is 2.59. The molecular formula is C17H24FN3O2. The van der Waals surface area contributed by atoms with Gasteiger partial charge in [-0.2, -0.15) is 0 Å². The SMILES string of the molecule is CC1(C)CCN(C(=O)NCCCNC(=O)c2ccc(F)cc2)C1. The number of hydrogen-bond acceptors (Lipinski definition) is 2. The van der Waals surface area contributed by atoms with Gasteiger partial charge in [0.15, 0.2) is 0 Å². The van der Waals surface area contributed by atoms with Gasteiger partial charge in [0.2, 0.25) is 0 Å². The first kappa shape index (κ1) is 17.2. The van der Waals surface area contributed by atoms with Crippen molar-refractivity contribution in [1.29, 1.82) is 0 Å². The third-order valence-electron chi connectivity index (χ3n) is 3.99. The molecule has 0 aliphatic carbocycles. The summed E-state index contributed by atoms with van der Waals surface area (Å²) in [5, 5.41) is 5.62. The van der Waals surface area contributed by atoms with Gasteiger partial charge in [0, 0.05) is 31.7 Å². The van der Waals surface area contributed by atoms with E-state index in [-0.39, 0.29) is 23.2 Å². The maximum atomic E-state index is 12.8. The number of urea groups is 1. The van der Waals surface area contributed by atoms with Crippen LogP contribution in [0.3, 0.4) is 0 Å². The summed E-state index contributed by atoms with van der Waals surface area (Å²) in [4.78, 5) is 25.6. The third kappa shape index (κ3) is 5.23. The van der Waals surface area contributed by atoms with Crippen LogP contribution in [0.15, 0.2) is 24.3 Å². The molecule has 0 unspecified atom stereocenters. The van der Waals surface area contributed by atoms with E-state index in [1.165, 1.54) is 24.3 Å². The molecule has 0 spiro atoms. The Morgan fingerprint density at radius 3 is 2.43 bits per heavy atom. The Hall–Kier alpha value is -2.11. The fourth-order valence-electron chi connectivity index (χ4n) is 2.59. The number of amides is 3. The molecule has 3 amide bonds. The lowest BCUT2D eigenvalue weighted by molar-refractivity contribution is 0.0953. The molecule has 1 heterocycles. The topological polar surface area (TPSA) is 61.4 Å². The third-order valence-corrected chi connectivity index (χ3v) is 3.99. The van der Waals surface area contributed by atoms with Crippen LogP contribution in [0.25, 0.3) is 0 Å². The van der Waals surface area contributed by atoms with Crippen LogP contribution < -0.4 is 10.6 Å². The van der Waals surface area contributed by atoms with Gasteiger partial charge in [0.25, 0.3) is 5.91 Å². The lowest BCUT2D eigenvalue weighted by atomic mass is 9.93. The number of nitrogens with one attached hydrogen (secondary N) is 2. The molecule has 1 fully saturated rings. The van der Waals surface area contributed by atoms with Crippen LogP contribution in [-0.2, 0) is 0 Å². The molecule has 1 aliphatic heterocycles. The summed E-state index contributed by atoms with van der Waals surface area (Å²) >= 11 is 0. The van der Waals surface area contributed by atoms with Gasteiger partial charge in [-0.3, -0.25) is 4.79 Å². The fraction of sp³-hybridized carbons (Fsp3) is 0.529. The molecular weight excluding hydrogens is 297 g/mol. The molecule has 0 radical (unpaired) electrons. The van der Waals surface area contributed by atoms with Crippen LogP contribution in [0.1, 0.15) is 37.0 Å². The van der Waals surface area contributed by atoms with Crippen LogP contribution in [0.4, 0.5) is 9.18 Å². The van der Waals surface area contributed by atoms with Crippen LogP contribution in [0, 0.1) is 11.2 Å². The second-order valence-electron chi connectivity index (χ2n) is 6.68. The Kier molecular flexibility index (Phi) is 5.58. The van der Waals surface area contributed by atoms with E-state index in [0.717, 1.165) is 19.5 Å². The largest absolute Gasteiger partial charge is 0.352 e. The summed E-state index contributed by atoms with van der Waals surface area (Å²) in [6, 6.07) is 5.36. The van der Waals surface area contributed by atoms with Gasteiger partial charge in [-0.15, -0.1) is 0 Å². The number of halogens is 1. The quantitative estimate of drug-likeness (QED) is 0.818. The van der Waals surface area contributed by atoms with Gasteiger partial charge >= 0.3 is 6.03 Å². The number of benzene rings is 1. The smallest absolute Gasteiger partial charge is 0.317 e. The van der Waals surface area contributed by atoms with Crippen molar-refractivity contribution in [3.8, 4) is 0 Å². The Labute approximate surface area is 136 Å². The highest BCUT2D eigenvalue weighted by molar-refractivity contribution is 5.94. The Morgan fingerprint density at radius 1 is 1.17 bits per heavy atom. The summed E-state index contributed by atoms with van der Waals surface area (Å²) in [5.74, 6) is -0.605. The molecule has 0 bridgehead atoms. The number of nitrogens with zero attached hydrogens (tertiary/aromatic N) is 1. The number of carbonyl (C=O) groups excluding carboxylic acids is 2. The maximum Gasteiger partial charge on any atom is 0.317 e. The van der Waals surface area contributed by atoms with Gasteiger partial charge in [-0.05, 0) is 42.5 Å². The zero-order valence-corrected chi connectivity index (χ0v) is 13.7. The summed E-state index contributed by atoms with van der Waals surface area (Å²) in [6.45, 7) is 6.86. The minimum atomic E-state index is -0.366. The van der Waals surface area contributed by atoms with E-state index >= 15 is 0 Å². The number of carbonyl (C=O) groups is 2. The molecule has 0 atom stereocenters. The van der Waals surface area contributed by atoms with Crippen LogP contribution in [-0.4, -0.2) is 43.0 Å². The molecule has 126 valence electrons. The van der Waals surface area contributed by atoms with E-state index in [0.29, 0.717) is 25.1 Å². The average molecular weight is 321 g/mol. The zero-order chi connectivity index (χ0) is 16.9. The van der Waals surface area contributed by atoms with E-state index in [9.17, 15) is 14.0 Å². The standard InChI is InChI=1S/C17H24FN3O2/c1-17(2)8-11-21(12-17)16(23)20-10-3-9-19-15(22)13-4-6-14(18)7-5-13/h4-7H,3,8-12H2,1-2H3,(H,19,22)(H,20,23). The zero-order valence-electron chi connectivity index (χ0n) is 13.7. The number of likely N-dealkylation sites (tertiary alicyclic amines) is 1. The molecule has 2 rings (SSSR count). The van der Waals surface area contributed by atoms with E-state index in [4.69, 9.17) is 0 Å². The summed E-state index contributed by atoms with van der Waals surface area (Å²) in [7, 11) is 0. The van der Waals surface area contributed by atoms with Crippen molar-refractivity contribution in [2.75, 3.05) is 26.2 Å². The minimum absolute atomic E-state index is 0.0413. The van der Waals surface area contributed by atoms with Crippen LogP contribution >= 0.6 is 0 Å². The lowest BCUT2D eigenvalue weighted by Gasteiger charge is -2.20. The molecule has 1 aliphatic rings. The van der Waals surface area contributed by atoms with Crippen molar-refractivity contribution in [3.63, 3.8) is 0 Å². The van der Waals surface area contributed by atoms with Gasteiger partial charge < -0.3 is 15.5 Å². The van der Waals surface area contributed by atoms with Crippen molar-refractivity contribution >= 4 is 11.9 Å². The average Bonchev–Trinajstić information content (AvgIpc) is 2.87. The molecule has 23 heavy (non-hydrogen) atoms. The molecule has 1 saturated heterocycles. The van der Waals surface area contributed by atoms with E-state index < -0.39 is 0 Å². The second kappa shape index (κ2) is 7.44. The second-order valence-corrected chi connectivity index (χ2v) is 6.68. The van der Waals surface area contributed by atoms with E-state index in [1.807, 2.05) is 4.90 Å². The first-order chi connectivity index (χ1) is 10.9. The molecule has 1 aromatic rings. The first-order valence-electron chi connectivity index (χ1n) is 7.94. The molecule has 0 saturated carbocycles. The predicted molar refractivity (Wildman–Crippen MR) is 86.7 cm³/mol. The highest BCUT2D eigenvalue weighted by Crippen LogP contribution is 2.28. The number of hydrogen-bond donors (Lipinski definition) is 2. The molecule has 0 aromatic heterocycles. The van der Waals surface area contributed by atoms with Crippen molar-refractivity contribution in [2.24, 2.45) is 5.41 Å². The molecule has 1 aromatic carbocycles. The van der Waals surface area contributed by atoms with Crippen molar-refractivity contribution in [1.82, 2.24) is 15.5 Å². The van der Waals surface area contributed by atoms with Crippen LogP contribution in [0.5, 0.6) is 0 Å². The lowest BCUT2D eigenvalue weighted by Crippen LogP contribution is -2.40. The van der Waals surface area contributed by atoms with Crippen LogP contribution in [0.2, 0.25) is 0 Å². The molecule has 2 N–H and O–H groups in total. The summed E-state index contributed by atoms with van der Waals surface area (Å²) in [5.41, 5.74) is 0.621. The van der Waals surface area contributed by atoms with Gasteiger partial charge in [0.05, 0.1) is 0 Å². The van der Waals surface area contributed by atoms with E-state index in [2.05, 4.69) is 24.5 Å². The molecule has 6 heteroatoms. The predicted octanol–water partition coefficient (Wildman–Crippen LogP) is 2.39.